The highest BCUT2D eigenvalue weighted by Crippen LogP contribution is 2.23. The van der Waals surface area contributed by atoms with Crippen LogP contribution in [0.4, 0.5) is 5.82 Å². The van der Waals surface area contributed by atoms with Crippen LogP contribution in [-0.4, -0.2) is 17.1 Å². The molecule has 5 nitrogen and oxygen atoms in total. The lowest BCUT2D eigenvalue weighted by atomic mass is 10.2. The van der Waals surface area contributed by atoms with E-state index < -0.39 is 0 Å². The van der Waals surface area contributed by atoms with E-state index in [-0.39, 0.29) is 5.82 Å². The molecule has 2 rings (SSSR count). The Morgan fingerprint density at radius 1 is 1.24 bits per heavy atom. The number of aromatic nitrogens is 2. The van der Waals surface area contributed by atoms with Gasteiger partial charge >= 0.3 is 0 Å². The fourth-order valence-corrected chi connectivity index (χ4v) is 1.39. The van der Waals surface area contributed by atoms with Crippen LogP contribution >= 0.6 is 0 Å². The topological polar surface area (TPSA) is 70.3 Å². The molecule has 2 aromatic rings. The van der Waals surface area contributed by atoms with Crippen molar-refractivity contribution < 1.29 is 9.47 Å². The van der Waals surface area contributed by atoms with Crippen LogP contribution in [0.2, 0.25) is 0 Å². The van der Waals surface area contributed by atoms with Crippen LogP contribution in [0.1, 0.15) is 5.56 Å². The maximum Gasteiger partial charge on any atom is 0.262 e. The predicted octanol–water partition coefficient (Wildman–Crippen LogP) is 2.00. The summed E-state index contributed by atoms with van der Waals surface area (Å²) < 4.78 is 10.6. The molecule has 0 saturated heterocycles. The molecule has 0 unspecified atom stereocenters. The van der Waals surface area contributed by atoms with Gasteiger partial charge in [0.2, 0.25) is 0 Å². The minimum Gasteiger partial charge on any atom is -0.436 e. The van der Waals surface area contributed by atoms with Crippen molar-refractivity contribution in [3.8, 4) is 11.6 Å². The van der Waals surface area contributed by atoms with Gasteiger partial charge in [0.25, 0.3) is 5.88 Å². The molecule has 17 heavy (non-hydrogen) atoms. The first-order chi connectivity index (χ1) is 8.29. The SMILES string of the molecule is COCc1cccc(Oc2nccnc2N)c1. The average Bonchev–Trinajstić information content (AvgIpc) is 2.33. The van der Waals surface area contributed by atoms with Crippen LogP contribution in [-0.2, 0) is 11.3 Å². The van der Waals surface area contributed by atoms with Crippen LogP contribution in [0.3, 0.4) is 0 Å². The van der Waals surface area contributed by atoms with Crippen LogP contribution in [0.15, 0.2) is 36.7 Å². The fraction of sp³-hybridized carbons (Fsp3) is 0.167. The Morgan fingerprint density at radius 3 is 2.82 bits per heavy atom. The molecule has 0 atom stereocenters. The van der Waals surface area contributed by atoms with Crippen molar-refractivity contribution in [2.24, 2.45) is 0 Å². The third kappa shape index (κ3) is 2.92. The molecular formula is C12H13N3O2. The molecule has 5 heteroatoms. The Hall–Kier alpha value is -2.14. The first kappa shape index (κ1) is 11.3. The van der Waals surface area contributed by atoms with Crippen molar-refractivity contribution in [1.82, 2.24) is 9.97 Å². The molecule has 1 aromatic heterocycles. The number of hydrogen-bond acceptors (Lipinski definition) is 5. The zero-order valence-corrected chi connectivity index (χ0v) is 9.46. The van der Waals surface area contributed by atoms with E-state index in [2.05, 4.69) is 9.97 Å². The zero-order chi connectivity index (χ0) is 12.1. The van der Waals surface area contributed by atoms with E-state index in [0.717, 1.165) is 5.56 Å². The monoisotopic (exact) mass is 231 g/mol. The molecule has 0 amide bonds. The van der Waals surface area contributed by atoms with Gasteiger partial charge in [-0.25, -0.2) is 9.97 Å². The molecular weight excluding hydrogens is 218 g/mol. The minimum absolute atomic E-state index is 0.268. The molecule has 0 aliphatic rings. The van der Waals surface area contributed by atoms with E-state index in [0.29, 0.717) is 18.2 Å². The lowest BCUT2D eigenvalue weighted by molar-refractivity contribution is 0.184. The molecule has 0 bridgehead atoms. The van der Waals surface area contributed by atoms with Crippen molar-refractivity contribution in [3.05, 3.63) is 42.2 Å². The Morgan fingerprint density at radius 2 is 2.06 bits per heavy atom. The van der Waals surface area contributed by atoms with Crippen LogP contribution in [0, 0.1) is 0 Å². The number of nitrogens with zero attached hydrogens (tertiary/aromatic N) is 2. The van der Waals surface area contributed by atoms with E-state index in [1.165, 1.54) is 12.4 Å². The number of rotatable bonds is 4. The van der Waals surface area contributed by atoms with Gasteiger partial charge in [-0.3, -0.25) is 0 Å². The van der Waals surface area contributed by atoms with Gasteiger partial charge in [0, 0.05) is 19.5 Å². The first-order valence-corrected chi connectivity index (χ1v) is 5.12. The standard InChI is InChI=1S/C12H13N3O2/c1-16-8-9-3-2-4-10(7-9)17-12-11(13)14-5-6-15-12/h2-7H,8H2,1H3,(H2,13,14). The summed E-state index contributed by atoms with van der Waals surface area (Å²) in [5.41, 5.74) is 6.66. The molecule has 0 saturated carbocycles. The van der Waals surface area contributed by atoms with Crippen molar-refractivity contribution >= 4 is 5.82 Å². The van der Waals surface area contributed by atoms with Gasteiger partial charge in [-0.15, -0.1) is 0 Å². The number of anilines is 1. The summed E-state index contributed by atoms with van der Waals surface area (Å²) in [7, 11) is 1.65. The molecule has 0 aliphatic carbocycles. The number of ether oxygens (including phenoxy) is 2. The van der Waals surface area contributed by atoms with Gasteiger partial charge in [-0.05, 0) is 17.7 Å². The second-order valence-corrected chi connectivity index (χ2v) is 3.43. The van der Waals surface area contributed by atoms with Crippen LogP contribution in [0.25, 0.3) is 0 Å². The largest absolute Gasteiger partial charge is 0.436 e. The second-order valence-electron chi connectivity index (χ2n) is 3.43. The molecule has 0 fully saturated rings. The quantitative estimate of drug-likeness (QED) is 0.871. The lowest BCUT2D eigenvalue weighted by Gasteiger charge is -2.07. The third-order valence-corrected chi connectivity index (χ3v) is 2.12. The summed E-state index contributed by atoms with van der Waals surface area (Å²) in [5.74, 6) is 1.23. The highest BCUT2D eigenvalue weighted by molar-refractivity contribution is 5.42. The average molecular weight is 231 g/mol. The summed E-state index contributed by atoms with van der Waals surface area (Å²) in [6, 6.07) is 7.54. The van der Waals surface area contributed by atoms with Crippen LogP contribution < -0.4 is 10.5 Å². The predicted molar refractivity (Wildman–Crippen MR) is 63.7 cm³/mol. The number of benzene rings is 1. The summed E-state index contributed by atoms with van der Waals surface area (Å²) in [4.78, 5) is 7.91. The Balaban J connectivity index is 2.18. The molecule has 88 valence electrons. The van der Waals surface area contributed by atoms with Crippen molar-refractivity contribution in [3.63, 3.8) is 0 Å². The molecule has 0 radical (unpaired) electrons. The maximum atomic E-state index is 5.64. The van der Waals surface area contributed by atoms with Gasteiger partial charge in [0.1, 0.15) is 5.75 Å². The molecule has 2 N–H and O–H groups in total. The molecule has 1 aromatic carbocycles. The van der Waals surface area contributed by atoms with E-state index in [4.69, 9.17) is 15.2 Å². The minimum atomic E-state index is 0.268. The number of methoxy groups -OCH3 is 1. The summed E-state index contributed by atoms with van der Waals surface area (Å²) in [5, 5.41) is 0. The van der Waals surface area contributed by atoms with Crippen molar-refractivity contribution in [2.75, 3.05) is 12.8 Å². The third-order valence-electron chi connectivity index (χ3n) is 2.12. The summed E-state index contributed by atoms with van der Waals surface area (Å²) >= 11 is 0. The summed E-state index contributed by atoms with van der Waals surface area (Å²) in [6.07, 6.45) is 3.05. The van der Waals surface area contributed by atoms with Crippen molar-refractivity contribution in [1.29, 1.82) is 0 Å². The molecule has 1 heterocycles. The van der Waals surface area contributed by atoms with Gasteiger partial charge in [-0.2, -0.15) is 0 Å². The Labute approximate surface area is 99.2 Å². The van der Waals surface area contributed by atoms with Gasteiger partial charge in [0.05, 0.1) is 6.61 Å². The van der Waals surface area contributed by atoms with Gasteiger partial charge in [0.15, 0.2) is 5.82 Å². The molecule has 0 aliphatic heterocycles. The number of nitrogen functional groups attached to an aromatic ring is 1. The first-order valence-electron chi connectivity index (χ1n) is 5.12. The Kier molecular flexibility index (Phi) is 3.52. The number of nitrogens with two attached hydrogens (primary N) is 1. The van der Waals surface area contributed by atoms with E-state index in [1.54, 1.807) is 7.11 Å². The maximum absolute atomic E-state index is 5.64. The van der Waals surface area contributed by atoms with E-state index in [9.17, 15) is 0 Å². The lowest BCUT2D eigenvalue weighted by Crippen LogP contribution is -1.97. The number of hydrogen-bond donors (Lipinski definition) is 1. The molecule has 0 spiro atoms. The zero-order valence-electron chi connectivity index (χ0n) is 9.46. The van der Waals surface area contributed by atoms with Gasteiger partial charge < -0.3 is 15.2 Å². The normalized spacial score (nSPS) is 10.2. The van der Waals surface area contributed by atoms with E-state index >= 15 is 0 Å². The van der Waals surface area contributed by atoms with Gasteiger partial charge in [-0.1, -0.05) is 12.1 Å². The fourth-order valence-electron chi connectivity index (χ4n) is 1.39. The summed E-state index contributed by atoms with van der Waals surface area (Å²) in [6.45, 7) is 0.535. The Bertz CT molecular complexity index is 503. The van der Waals surface area contributed by atoms with E-state index in [1.807, 2.05) is 24.3 Å². The smallest absolute Gasteiger partial charge is 0.262 e. The van der Waals surface area contributed by atoms with Crippen molar-refractivity contribution in [2.45, 2.75) is 6.61 Å². The van der Waals surface area contributed by atoms with Crippen LogP contribution in [0.5, 0.6) is 11.6 Å². The second kappa shape index (κ2) is 5.27. The highest BCUT2D eigenvalue weighted by Gasteiger charge is 2.04. The highest BCUT2D eigenvalue weighted by atomic mass is 16.5.